The topological polar surface area (TPSA) is 107 Å². The average Bonchev–Trinajstić information content (AvgIpc) is 3.40. The van der Waals surface area contributed by atoms with Crippen LogP contribution in [0.4, 0.5) is 4.39 Å². The van der Waals surface area contributed by atoms with Crippen LogP contribution < -0.4 is 16.6 Å². The minimum absolute atomic E-state index is 0.0354. The molecular formula is C37H42FN7O3. The molecule has 11 heteroatoms. The van der Waals surface area contributed by atoms with Crippen LogP contribution in [0.25, 0.3) is 27.8 Å². The van der Waals surface area contributed by atoms with Crippen LogP contribution in [0, 0.1) is 12.7 Å². The van der Waals surface area contributed by atoms with Gasteiger partial charge in [0, 0.05) is 36.9 Å². The third kappa shape index (κ3) is 6.60. The van der Waals surface area contributed by atoms with Gasteiger partial charge in [-0.05, 0) is 101 Å². The standard InChI is InChI=1S/C37H42FN7O3/c1-23-18-32(41-43(23)6)34(46)40-28-14-16-29(17-15-28)45-35(47)31-20-27(38)21-39-33(31)44(36(45)48)30-9-7-8-26(19-30)25-12-10-24(11-13-25)22-42(5)37(2,3)4/h7-13,18-21,28-29H,14-17,22H2,1-6H3,(H,40,46)/t28-,29+. The number of aromatic nitrogens is 5. The summed E-state index contributed by atoms with van der Waals surface area (Å²) in [5.74, 6) is -0.904. The zero-order valence-corrected chi connectivity index (χ0v) is 28.3. The second-order valence-electron chi connectivity index (χ2n) is 13.9. The van der Waals surface area contributed by atoms with Crippen LogP contribution in [0.3, 0.4) is 0 Å². The van der Waals surface area contributed by atoms with Gasteiger partial charge in [0.25, 0.3) is 11.5 Å². The molecule has 48 heavy (non-hydrogen) atoms. The number of carbonyl (C=O) groups is 1. The van der Waals surface area contributed by atoms with Gasteiger partial charge < -0.3 is 5.32 Å². The van der Waals surface area contributed by atoms with E-state index in [4.69, 9.17) is 0 Å². The van der Waals surface area contributed by atoms with Crippen molar-refractivity contribution in [1.82, 2.24) is 34.1 Å². The third-order valence-electron chi connectivity index (χ3n) is 9.59. The van der Waals surface area contributed by atoms with Crippen LogP contribution in [0.15, 0.2) is 76.4 Å². The van der Waals surface area contributed by atoms with E-state index in [0.717, 1.165) is 35.6 Å². The molecule has 1 aliphatic rings. The van der Waals surface area contributed by atoms with E-state index < -0.39 is 23.1 Å². The van der Waals surface area contributed by atoms with Gasteiger partial charge in [-0.25, -0.2) is 18.7 Å². The van der Waals surface area contributed by atoms with Crippen LogP contribution in [0.5, 0.6) is 0 Å². The molecule has 6 rings (SSSR count). The summed E-state index contributed by atoms with van der Waals surface area (Å²) in [6.07, 6.45) is 3.16. The zero-order valence-electron chi connectivity index (χ0n) is 28.3. The van der Waals surface area contributed by atoms with Crippen LogP contribution in [0.2, 0.25) is 0 Å². The van der Waals surface area contributed by atoms with Gasteiger partial charge in [0.05, 0.1) is 17.3 Å². The van der Waals surface area contributed by atoms with Crippen molar-refractivity contribution in [2.75, 3.05) is 7.05 Å². The highest BCUT2D eigenvalue weighted by atomic mass is 19.1. The predicted molar refractivity (Wildman–Crippen MR) is 185 cm³/mol. The quantitative estimate of drug-likeness (QED) is 0.248. The maximum absolute atomic E-state index is 14.5. The Hall–Kier alpha value is -4.90. The molecule has 1 aliphatic carbocycles. The van der Waals surface area contributed by atoms with Crippen LogP contribution in [-0.4, -0.2) is 53.3 Å². The molecule has 0 bridgehead atoms. The molecule has 0 spiro atoms. The Balaban J connectivity index is 1.30. The summed E-state index contributed by atoms with van der Waals surface area (Å²) in [4.78, 5) is 47.3. The molecule has 0 atom stereocenters. The summed E-state index contributed by atoms with van der Waals surface area (Å²) in [5.41, 5.74) is 3.87. The summed E-state index contributed by atoms with van der Waals surface area (Å²) < 4.78 is 18.8. The van der Waals surface area contributed by atoms with Gasteiger partial charge in [-0.3, -0.25) is 23.7 Å². The highest BCUT2D eigenvalue weighted by Crippen LogP contribution is 2.29. The van der Waals surface area contributed by atoms with Gasteiger partial charge >= 0.3 is 5.69 Å². The first-order valence-corrected chi connectivity index (χ1v) is 16.4. The Labute approximate surface area is 278 Å². The van der Waals surface area contributed by atoms with Crippen LogP contribution in [0.1, 0.15) is 74.2 Å². The normalized spacial score (nSPS) is 16.8. The fraction of sp³-hybridized carbons (Fsp3) is 0.378. The van der Waals surface area contributed by atoms with Gasteiger partial charge in [0.2, 0.25) is 0 Å². The first kappa shape index (κ1) is 33.0. The number of nitrogens with zero attached hydrogens (tertiary/aromatic N) is 6. The number of hydrogen-bond acceptors (Lipinski definition) is 6. The summed E-state index contributed by atoms with van der Waals surface area (Å²) in [5, 5.41) is 7.34. The Kier molecular flexibility index (Phi) is 8.91. The summed E-state index contributed by atoms with van der Waals surface area (Å²) in [6.45, 7) is 9.24. The van der Waals surface area contributed by atoms with E-state index in [0.29, 0.717) is 37.1 Å². The maximum atomic E-state index is 14.5. The number of halogens is 1. The number of rotatable bonds is 7. The lowest BCUT2D eigenvalue weighted by molar-refractivity contribution is 0.0916. The second kappa shape index (κ2) is 13.0. The highest BCUT2D eigenvalue weighted by molar-refractivity contribution is 5.92. The van der Waals surface area contributed by atoms with Crippen molar-refractivity contribution in [3.05, 3.63) is 110 Å². The minimum atomic E-state index is -0.654. The molecule has 1 amide bonds. The molecule has 250 valence electrons. The molecule has 5 aromatic rings. The highest BCUT2D eigenvalue weighted by Gasteiger charge is 2.29. The van der Waals surface area contributed by atoms with Gasteiger partial charge in [0.15, 0.2) is 5.65 Å². The number of hydrogen-bond donors (Lipinski definition) is 1. The Bertz CT molecular complexity index is 2080. The fourth-order valence-corrected chi connectivity index (χ4v) is 6.28. The summed E-state index contributed by atoms with van der Waals surface area (Å²) in [6, 6.07) is 18.2. The van der Waals surface area contributed by atoms with E-state index in [1.54, 1.807) is 23.9 Å². The second-order valence-corrected chi connectivity index (χ2v) is 13.9. The molecule has 1 N–H and O–H groups in total. The molecule has 3 heterocycles. The van der Waals surface area contributed by atoms with E-state index >= 15 is 0 Å². The van der Waals surface area contributed by atoms with Crippen molar-refractivity contribution in [3.8, 4) is 16.8 Å². The molecule has 1 fully saturated rings. The minimum Gasteiger partial charge on any atom is -0.348 e. The lowest BCUT2D eigenvalue weighted by Crippen LogP contribution is -2.45. The molecule has 1 saturated carbocycles. The monoisotopic (exact) mass is 651 g/mol. The van der Waals surface area contributed by atoms with E-state index in [1.165, 1.54) is 14.7 Å². The van der Waals surface area contributed by atoms with Crippen molar-refractivity contribution in [2.45, 2.75) is 77.5 Å². The Morgan fingerprint density at radius 3 is 2.35 bits per heavy atom. The first-order chi connectivity index (χ1) is 22.8. The number of aryl methyl sites for hydroxylation is 2. The third-order valence-corrected chi connectivity index (χ3v) is 9.59. The average molecular weight is 652 g/mol. The van der Waals surface area contributed by atoms with Crippen LogP contribution in [-0.2, 0) is 13.6 Å². The Morgan fingerprint density at radius 2 is 1.71 bits per heavy atom. The van der Waals surface area contributed by atoms with Crippen molar-refractivity contribution in [3.63, 3.8) is 0 Å². The first-order valence-electron chi connectivity index (χ1n) is 16.4. The Morgan fingerprint density at radius 1 is 1.00 bits per heavy atom. The lowest BCUT2D eigenvalue weighted by Gasteiger charge is -2.31. The van der Waals surface area contributed by atoms with Gasteiger partial charge in [-0.15, -0.1) is 0 Å². The van der Waals surface area contributed by atoms with E-state index in [-0.39, 0.29) is 28.5 Å². The van der Waals surface area contributed by atoms with Crippen molar-refractivity contribution >= 4 is 16.9 Å². The molecule has 0 saturated heterocycles. The van der Waals surface area contributed by atoms with Crippen LogP contribution >= 0.6 is 0 Å². The number of carbonyl (C=O) groups excluding carboxylic acids is 1. The van der Waals surface area contributed by atoms with Gasteiger partial charge in [-0.2, -0.15) is 5.10 Å². The van der Waals surface area contributed by atoms with Gasteiger partial charge in [-0.1, -0.05) is 36.4 Å². The molecule has 0 radical (unpaired) electrons. The van der Waals surface area contributed by atoms with E-state index in [2.05, 4.69) is 72.4 Å². The largest absolute Gasteiger partial charge is 0.348 e. The molecule has 0 unspecified atom stereocenters. The predicted octanol–water partition coefficient (Wildman–Crippen LogP) is 5.54. The molecule has 0 aliphatic heterocycles. The smallest absolute Gasteiger partial charge is 0.337 e. The molecule has 10 nitrogen and oxygen atoms in total. The number of amides is 1. The fourth-order valence-electron chi connectivity index (χ4n) is 6.28. The molecule has 2 aromatic carbocycles. The molecule has 3 aromatic heterocycles. The van der Waals surface area contributed by atoms with E-state index in [1.807, 2.05) is 25.1 Å². The van der Waals surface area contributed by atoms with Crippen molar-refractivity contribution in [1.29, 1.82) is 0 Å². The number of pyridine rings is 1. The van der Waals surface area contributed by atoms with Crippen molar-refractivity contribution in [2.24, 2.45) is 7.05 Å². The number of benzene rings is 2. The van der Waals surface area contributed by atoms with E-state index in [9.17, 15) is 18.8 Å². The SMILES string of the molecule is Cc1cc(C(=O)N[C@H]2CC[C@@H](n3c(=O)c4cc(F)cnc4n(-c4cccc(-c5ccc(CN(C)C(C)(C)C)cc5)c4)c3=O)CC2)nn1C. The number of fused-ring (bicyclic) bond motifs is 1. The zero-order chi connectivity index (χ0) is 34.3. The van der Waals surface area contributed by atoms with Crippen molar-refractivity contribution < 1.29 is 9.18 Å². The summed E-state index contributed by atoms with van der Waals surface area (Å²) >= 11 is 0. The summed E-state index contributed by atoms with van der Waals surface area (Å²) in [7, 11) is 3.89. The lowest BCUT2D eigenvalue weighted by atomic mass is 9.90. The van der Waals surface area contributed by atoms with Gasteiger partial charge in [0.1, 0.15) is 11.5 Å². The maximum Gasteiger partial charge on any atom is 0.337 e. The molecular weight excluding hydrogens is 609 g/mol. The number of nitrogens with one attached hydrogen (secondary N) is 1.